The van der Waals surface area contributed by atoms with Gasteiger partial charge in [0.15, 0.2) is 5.78 Å². The van der Waals surface area contributed by atoms with E-state index >= 15 is 0 Å². The maximum Gasteiger partial charge on any atom is 0.416 e. The number of Topliss-reactive ketones (excluding diaryl/α,β-unsaturated/α-hetero) is 1. The fraction of sp³-hybridized carbons (Fsp3) is 0.429. The van der Waals surface area contributed by atoms with Crippen molar-refractivity contribution in [1.29, 1.82) is 0 Å². The zero-order valence-electron chi connectivity index (χ0n) is 22.5. The summed E-state index contributed by atoms with van der Waals surface area (Å²) in [6.07, 6.45) is 0.758. The Balaban J connectivity index is 1.20. The van der Waals surface area contributed by atoms with Crippen LogP contribution in [0.1, 0.15) is 25.0 Å². The fourth-order valence-corrected chi connectivity index (χ4v) is 5.96. The number of rotatable bonds is 7. The number of methoxy groups -OCH3 is 1. The summed E-state index contributed by atoms with van der Waals surface area (Å²) in [5.74, 6) is 0.997. The fourth-order valence-electron chi connectivity index (χ4n) is 5.96. The van der Waals surface area contributed by atoms with E-state index in [1.165, 1.54) is 22.6 Å². The molecule has 2 N–H and O–H groups in total. The topological polar surface area (TPSA) is 159 Å². The molecular weight excluding hydrogens is 532 g/mol. The Morgan fingerprint density at radius 3 is 2.76 bits per heavy atom. The van der Waals surface area contributed by atoms with Gasteiger partial charge in [0.1, 0.15) is 29.9 Å². The minimum absolute atomic E-state index is 0.0176. The second-order valence-electron chi connectivity index (χ2n) is 10.3. The number of hydrogen-bond donors (Lipinski definition) is 1. The molecule has 3 atom stereocenters. The first-order chi connectivity index (χ1) is 19.9. The molecule has 5 heterocycles. The highest BCUT2D eigenvalue weighted by molar-refractivity contribution is 5.90. The van der Waals surface area contributed by atoms with Crippen LogP contribution in [-0.4, -0.2) is 82.2 Å². The highest BCUT2D eigenvalue weighted by Gasteiger charge is 2.48. The van der Waals surface area contributed by atoms with E-state index in [0.29, 0.717) is 48.1 Å². The van der Waals surface area contributed by atoms with Crippen molar-refractivity contribution in [3.05, 3.63) is 52.4 Å². The summed E-state index contributed by atoms with van der Waals surface area (Å²) in [4.78, 5) is 62.8. The van der Waals surface area contributed by atoms with E-state index in [-0.39, 0.29) is 62.0 Å². The number of ketones is 1. The van der Waals surface area contributed by atoms with E-state index in [1.54, 1.807) is 29.2 Å². The maximum atomic E-state index is 13.0. The normalized spacial score (nSPS) is 21.6. The van der Waals surface area contributed by atoms with Gasteiger partial charge in [0.25, 0.3) is 5.56 Å². The minimum atomic E-state index is -0.518. The number of amides is 2. The molecule has 1 saturated heterocycles. The zero-order chi connectivity index (χ0) is 28.7. The predicted octanol–water partition coefficient (Wildman–Crippen LogP) is 1.04. The Labute approximate surface area is 234 Å². The first kappa shape index (κ1) is 26.7. The first-order valence-corrected chi connectivity index (χ1v) is 13.5. The van der Waals surface area contributed by atoms with Gasteiger partial charge in [-0.1, -0.05) is 0 Å². The van der Waals surface area contributed by atoms with Crippen LogP contribution in [0.3, 0.4) is 0 Å². The number of ether oxygens (including phenoxy) is 3. The van der Waals surface area contributed by atoms with Gasteiger partial charge in [-0.15, -0.1) is 0 Å². The third-order valence-electron chi connectivity index (χ3n) is 7.94. The summed E-state index contributed by atoms with van der Waals surface area (Å²) >= 11 is 0. The molecule has 3 aromatic heterocycles. The molecule has 6 rings (SSSR count). The average Bonchev–Trinajstić information content (AvgIpc) is 3.32. The third-order valence-corrected chi connectivity index (χ3v) is 7.94. The van der Waals surface area contributed by atoms with E-state index in [0.717, 1.165) is 5.39 Å². The molecule has 2 amide bonds. The van der Waals surface area contributed by atoms with Gasteiger partial charge in [-0.2, -0.15) is 4.98 Å². The van der Waals surface area contributed by atoms with Crippen LogP contribution in [0, 0.1) is 0 Å². The molecule has 0 bridgehead atoms. The van der Waals surface area contributed by atoms with E-state index in [1.807, 2.05) is 6.07 Å². The quantitative estimate of drug-likeness (QED) is 0.441. The number of aromatic nitrogens is 3. The lowest BCUT2D eigenvalue weighted by Crippen LogP contribution is -2.51. The smallest absolute Gasteiger partial charge is 0.416 e. The summed E-state index contributed by atoms with van der Waals surface area (Å²) in [5, 5.41) is 0.771. The van der Waals surface area contributed by atoms with E-state index in [9.17, 15) is 19.2 Å². The van der Waals surface area contributed by atoms with E-state index in [2.05, 4.69) is 9.97 Å². The van der Waals surface area contributed by atoms with Gasteiger partial charge in [0.2, 0.25) is 11.8 Å². The summed E-state index contributed by atoms with van der Waals surface area (Å²) in [6, 6.07) is 9.63. The molecule has 1 aliphatic carbocycles. The lowest BCUT2D eigenvalue weighted by Gasteiger charge is -2.39. The molecule has 2 fully saturated rings. The van der Waals surface area contributed by atoms with Crippen LogP contribution in [0.15, 0.2) is 41.2 Å². The largest absolute Gasteiger partial charge is 0.484 e. The van der Waals surface area contributed by atoms with Crippen molar-refractivity contribution in [1.82, 2.24) is 19.4 Å². The molecule has 3 aliphatic rings. The number of nitrogens with zero attached hydrogens (tertiary/aromatic N) is 5. The van der Waals surface area contributed by atoms with Crippen LogP contribution < -0.4 is 25.7 Å². The number of carbonyl (C=O) groups excluding carboxylic acids is 3. The first-order valence-electron chi connectivity index (χ1n) is 13.5. The van der Waals surface area contributed by atoms with Gasteiger partial charge >= 0.3 is 6.09 Å². The molecule has 13 heteroatoms. The van der Waals surface area contributed by atoms with Gasteiger partial charge in [0.05, 0.1) is 31.8 Å². The molecule has 1 saturated carbocycles. The zero-order valence-corrected chi connectivity index (χ0v) is 22.5. The van der Waals surface area contributed by atoms with Crippen molar-refractivity contribution in [2.24, 2.45) is 5.73 Å². The van der Waals surface area contributed by atoms with Crippen LogP contribution in [0.5, 0.6) is 11.6 Å². The Kier molecular flexibility index (Phi) is 7.03. The van der Waals surface area contributed by atoms with Gasteiger partial charge in [-0.25, -0.2) is 9.78 Å². The Morgan fingerprint density at radius 1 is 1.12 bits per heavy atom. The minimum Gasteiger partial charge on any atom is -0.484 e. The summed E-state index contributed by atoms with van der Waals surface area (Å²) in [7, 11) is 1.51. The molecule has 13 nitrogen and oxygen atoms in total. The van der Waals surface area contributed by atoms with Crippen LogP contribution >= 0.6 is 0 Å². The molecule has 0 radical (unpaired) electrons. The van der Waals surface area contributed by atoms with Crippen molar-refractivity contribution in [3.8, 4) is 11.6 Å². The van der Waals surface area contributed by atoms with Crippen molar-refractivity contribution >= 4 is 34.6 Å². The summed E-state index contributed by atoms with van der Waals surface area (Å²) in [5.41, 5.74) is 6.49. The second kappa shape index (κ2) is 10.8. The molecule has 0 aromatic carbocycles. The monoisotopic (exact) mass is 562 g/mol. The number of anilines is 1. The van der Waals surface area contributed by atoms with Crippen molar-refractivity contribution < 1.29 is 28.6 Å². The number of carbonyl (C=O) groups is 3. The molecular formula is C28H30N6O7. The molecule has 0 unspecified atom stereocenters. The summed E-state index contributed by atoms with van der Waals surface area (Å²) < 4.78 is 17.9. The standard InChI is InChI=1S/C28H30N6O7/c1-39-24-8-2-16-3-9-25(36)33(27(16)31-24)11-10-32(26(37)14-29)17-4-5-20-22(12-17)41-28(38)34(20)23-7-6-21-19(30-23)13-18(35)15-40-21/h2-3,6-9,17,20,22H,4-5,10-15,29H2,1H3/t17-,20-,22-/m0/s1. The highest BCUT2D eigenvalue weighted by Crippen LogP contribution is 2.37. The molecule has 0 spiro atoms. The molecule has 214 valence electrons. The SMILES string of the molecule is COc1ccc2ccc(=O)n(CCN(C(=O)CN)[C@H]3CC[C@H]4[C@H](C3)OC(=O)N4c3ccc4c(n3)CC(=O)CO4)c2n1. The van der Waals surface area contributed by atoms with Crippen molar-refractivity contribution in [2.45, 2.75) is 50.4 Å². The average molecular weight is 563 g/mol. The number of pyridine rings is 3. The van der Waals surface area contributed by atoms with E-state index in [4.69, 9.17) is 19.9 Å². The van der Waals surface area contributed by atoms with Gasteiger partial charge in [-0.05, 0) is 37.1 Å². The predicted molar refractivity (Wildman–Crippen MR) is 146 cm³/mol. The maximum absolute atomic E-state index is 13.0. The third kappa shape index (κ3) is 4.97. The van der Waals surface area contributed by atoms with Gasteiger partial charge < -0.3 is 24.8 Å². The van der Waals surface area contributed by atoms with Crippen molar-refractivity contribution in [3.63, 3.8) is 0 Å². The number of nitrogens with two attached hydrogens (primary N) is 1. The summed E-state index contributed by atoms with van der Waals surface area (Å²) in [6.45, 7) is 0.267. The van der Waals surface area contributed by atoms with Crippen LogP contribution in [-0.2, 0) is 27.3 Å². The van der Waals surface area contributed by atoms with Gasteiger partial charge in [-0.3, -0.25) is 23.9 Å². The Morgan fingerprint density at radius 2 is 1.95 bits per heavy atom. The van der Waals surface area contributed by atoms with Crippen molar-refractivity contribution in [2.75, 3.05) is 31.7 Å². The number of hydrogen-bond acceptors (Lipinski definition) is 10. The second-order valence-corrected chi connectivity index (χ2v) is 10.3. The Hall–Kier alpha value is -4.52. The lowest BCUT2D eigenvalue weighted by atomic mass is 9.87. The highest BCUT2D eigenvalue weighted by atomic mass is 16.6. The van der Waals surface area contributed by atoms with Crippen LogP contribution in [0.25, 0.3) is 11.0 Å². The van der Waals surface area contributed by atoms with Crippen LogP contribution in [0.4, 0.5) is 10.6 Å². The lowest BCUT2D eigenvalue weighted by molar-refractivity contribution is -0.133. The number of fused-ring (bicyclic) bond motifs is 3. The molecule has 3 aromatic rings. The van der Waals surface area contributed by atoms with E-state index < -0.39 is 12.2 Å². The molecule has 41 heavy (non-hydrogen) atoms. The van der Waals surface area contributed by atoms with Gasteiger partial charge in [0, 0.05) is 43.1 Å². The molecule has 2 aliphatic heterocycles. The Bertz CT molecular complexity index is 1590. The van der Waals surface area contributed by atoms with Crippen LogP contribution in [0.2, 0.25) is 0 Å².